The molecule has 3 heterocycles. The van der Waals surface area contributed by atoms with Crippen molar-refractivity contribution in [2.75, 3.05) is 18.0 Å². The van der Waals surface area contributed by atoms with Crippen molar-refractivity contribution in [1.29, 1.82) is 0 Å². The van der Waals surface area contributed by atoms with Gasteiger partial charge in [-0.05, 0) is 25.5 Å². The summed E-state index contributed by atoms with van der Waals surface area (Å²) in [6, 6.07) is 3.92. The average molecular weight is 316 g/mol. The fourth-order valence-electron chi connectivity index (χ4n) is 2.77. The van der Waals surface area contributed by atoms with Crippen LogP contribution in [0.1, 0.15) is 45.9 Å². The van der Waals surface area contributed by atoms with Gasteiger partial charge >= 0.3 is 0 Å². The van der Waals surface area contributed by atoms with Crippen molar-refractivity contribution in [2.24, 2.45) is 0 Å². The Bertz CT molecular complexity index is 656. The zero-order valence-electron chi connectivity index (χ0n) is 14.2. The second-order valence-corrected chi connectivity index (χ2v) is 6.40. The summed E-state index contributed by atoms with van der Waals surface area (Å²) in [5, 5.41) is 4.03. The summed E-state index contributed by atoms with van der Waals surface area (Å²) in [4.78, 5) is 11.2. The lowest BCUT2D eigenvalue weighted by Crippen LogP contribution is -2.46. The first kappa shape index (κ1) is 15.9. The molecule has 2 atom stereocenters. The van der Waals surface area contributed by atoms with Crippen molar-refractivity contribution < 1.29 is 9.26 Å². The van der Waals surface area contributed by atoms with Crippen LogP contribution in [0.5, 0.6) is 0 Å². The standard InChI is InChI=1S/C17H24N4O2/c1-5-14-10-21(9-12(4)22-14)15-8-13(6-7-18-15)17-19-16(11(2)3)20-23-17/h6-8,11-12,14H,5,9-10H2,1-4H3. The summed E-state index contributed by atoms with van der Waals surface area (Å²) < 4.78 is 11.3. The molecule has 1 aliphatic rings. The summed E-state index contributed by atoms with van der Waals surface area (Å²) in [6.45, 7) is 10.0. The van der Waals surface area contributed by atoms with E-state index in [-0.39, 0.29) is 18.1 Å². The first-order chi connectivity index (χ1) is 11.1. The fourth-order valence-corrected chi connectivity index (χ4v) is 2.77. The van der Waals surface area contributed by atoms with Crippen LogP contribution in [0.25, 0.3) is 11.5 Å². The molecule has 1 fully saturated rings. The monoisotopic (exact) mass is 316 g/mol. The molecule has 1 saturated heterocycles. The molecule has 0 aromatic carbocycles. The van der Waals surface area contributed by atoms with Crippen LogP contribution in [0.4, 0.5) is 5.82 Å². The van der Waals surface area contributed by atoms with Gasteiger partial charge in [-0.3, -0.25) is 0 Å². The van der Waals surface area contributed by atoms with E-state index in [1.807, 2.05) is 26.0 Å². The van der Waals surface area contributed by atoms with Crippen LogP contribution in [0.2, 0.25) is 0 Å². The van der Waals surface area contributed by atoms with Crippen LogP contribution < -0.4 is 4.90 Å². The number of morpholine rings is 1. The summed E-state index contributed by atoms with van der Waals surface area (Å²) >= 11 is 0. The summed E-state index contributed by atoms with van der Waals surface area (Å²) in [5.74, 6) is 2.45. The van der Waals surface area contributed by atoms with E-state index in [1.165, 1.54) is 0 Å². The van der Waals surface area contributed by atoms with Crippen molar-refractivity contribution in [1.82, 2.24) is 15.1 Å². The molecular formula is C17H24N4O2. The Balaban J connectivity index is 1.84. The highest BCUT2D eigenvalue weighted by atomic mass is 16.5. The van der Waals surface area contributed by atoms with Crippen LogP contribution in [0.3, 0.4) is 0 Å². The highest BCUT2D eigenvalue weighted by molar-refractivity contribution is 5.58. The Morgan fingerprint density at radius 3 is 2.87 bits per heavy atom. The highest BCUT2D eigenvalue weighted by Crippen LogP contribution is 2.25. The molecule has 0 saturated carbocycles. The molecule has 6 heteroatoms. The van der Waals surface area contributed by atoms with E-state index in [1.54, 1.807) is 6.20 Å². The number of nitrogens with zero attached hydrogens (tertiary/aromatic N) is 4. The number of hydrogen-bond donors (Lipinski definition) is 0. The fraction of sp³-hybridized carbons (Fsp3) is 0.588. The molecule has 0 bridgehead atoms. The minimum Gasteiger partial charge on any atom is -0.372 e. The number of pyridine rings is 1. The normalized spacial score (nSPS) is 21.9. The van der Waals surface area contributed by atoms with Crippen molar-refractivity contribution in [3.05, 3.63) is 24.2 Å². The second-order valence-electron chi connectivity index (χ2n) is 6.40. The number of anilines is 1. The molecule has 0 radical (unpaired) electrons. The zero-order chi connectivity index (χ0) is 16.4. The van der Waals surface area contributed by atoms with Gasteiger partial charge < -0.3 is 14.2 Å². The molecule has 1 aliphatic heterocycles. The van der Waals surface area contributed by atoms with Gasteiger partial charge in [0.25, 0.3) is 5.89 Å². The summed E-state index contributed by atoms with van der Waals surface area (Å²) in [5.41, 5.74) is 0.904. The van der Waals surface area contributed by atoms with Gasteiger partial charge in [0.15, 0.2) is 5.82 Å². The Hall–Kier alpha value is -1.95. The number of ether oxygens (including phenoxy) is 1. The van der Waals surface area contributed by atoms with E-state index < -0.39 is 0 Å². The predicted octanol–water partition coefficient (Wildman–Crippen LogP) is 3.26. The zero-order valence-corrected chi connectivity index (χ0v) is 14.2. The molecule has 2 aromatic rings. The quantitative estimate of drug-likeness (QED) is 0.862. The third-order valence-electron chi connectivity index (χ3n) is 4.06. The van der Waals surface area contributed by atoms with Crippen molar-refractivity contribution in [3.63, 3.8) is 0 Å². The summed E-state index contributed by atoms with van der Waals surface area (Å²) in [7, 11) is 0. The molecule has 0 spiro atoms. The van der Waals surface area contributed by atoms with Crippen LogP contribution in [0, 0.1) is 0 Å². The van der Waals surface area contributed by atoms with Gasteiger partial charge in [0.1, 0.15) is 5.82 Å². The van der Waals surface area contributed by atoms with Crippen molar-refractivity contribution in [2.45, 2.75) is 52.2 Å². The molecule has 3 rings (SSSR count). The van der Waals surface area contributed by atoms with Crippen molar-refractivity contribution >= 4 is 5.82 Å². The van der Waals surface area contributed by atoms with E-state index in [4.69, 9.17) is 9.26 Å². The van der Waals surface area contributed by atoms with Gasteiger partial charge in [-0.1, -0.05) is 25.9 Å². The lowest BCUT2D eigenvalue weighted by atomic mass is 10.1. The Kier molecular flexibility index (Phi) is 4.61. The molecule has 124 valence electrons. The maximum atomic E-state index is 5.92. The molecule has 0 N–H and O–H groups in total. The lowest BCUT2D eigenvalue weighted by Gasteiger charge is -2.37. The van der Waals surface area contributed by atoms with E-state index in [9.17, 15) is 0 Å². The van der Waals surface area contributed by atoms with E-state index in [0.29, 0.717) is 5.89 Å². The minimum atomic E-state index is 0.204. The highest BCUT2D eigenvalue weighted by Gasteiger charge is 2.25. The Morgan fingerprint density at radius 1 is 1.35 bits per heavy atom. The maximum Gasteiger partial charge on any atom is 0.258 e. The van der Waals surface area contributed by atoms with Gasteiger partial charge in [-0.2, -0.15) is 4.98 Å². The third-order valence-corrected chi connectivity index (χ3v) is 4.06. The first-order valence-corrected chi connectivity index (χ1v) is 8.27. The van der Waals surface area contributed by atoms with Gasteiger partial charge in [0.2, 0.25) is 0 Å². The molecular weight excluding hydrogens is 292 g/mol. The van der Waals surface area contributed by atoms with E-state index >= 15 is 0 Å². The molecule has 0 aliphatic carbocycles. The second kappa shape index (κ2) is 6.66. The minimum absolute atomic E-state index is 0.204. The summed E-state index contributed by atoms with van der Waals surface area (Å²) in [6.07, 6.45) is 3.25. The smallest absolute Gasteiger partial charge is 0.258 e. The van der Waals surface area contributed by atoms with Gasteiger partial charge in [-0.15, -0.1) is 0 Å². The number of aromatic nitrogens is 3. The number of rotatable bonds is 4. The van der Waals surface area contributed by atoms with Crippen LogP contribution in [0.15, 0.2) is 22.9 Å². The van der Waals surface area contributed by atoms with Gasteiger partial charge in [-0.25, -0.2) is 4.98 Å². The van der Waals surface area contributed by atoms with Crippen molar-refractivity contribution in [3.8, 4) is 11.5 Å². The first-order valence-electron chi connectivity index (χ1n) is 8.27. The Morgan fingerprint density at radius 2 is 2.17 bits per heavy atom. The van der Waals surface area contributed by atoms with Gasteiger partial charge in [0, 0.05) is 30.8 Å². The van der Waals surface area contributed by atoms with Crippen LogP contribution >= 0.6 is 0 Å². The average Bonchev–Trinajstić information content (AvgIpc) is 3.04. The van der Waals surface area contributed by atoms with E-state index in [2.05, 4.69) is 33.9 Å². The molecule has 2 unspecified atom stereocenters. The third kappa shape index (κ3) is 3.52. The van der Waals surface area contributed by atoms with E-state index in [0.717, 1.165) is 36.7 Å². The molecule has 6 nitrogen and oxygen atoms in total. The van der Waals surface area contributed by atoms with Crippen LogP contribution in [-0.4, -0.2) is 40.4 Å². The van der Waals surface area contributed by atoms with Crippen LogP contribution in [-0.2, 0) is 4.74 Å². The predicted molar refractivity (Wildman–Crippen MR) is 88.5 cm³/mol. The van der Waals surface area contributed by atoms with Gasteiger partial charge in [0.05, 0.1) is 12.2 Å². The molecule has 2 aromatic heterocycles. The molecule has 0 amide bonds. The maximum absolute atomic E-state index is 5.92. The largest absolute Gasteiger partial charge is 0.372 e. The molecule has 23 heavy (non-hydrogen) atoms. The topological polar surface area (TPSA) is 64.3 Å². The SMILES string of the molecule is CCC1CN(c2cc(-c3nc(C(C)C)no3)ccn2)CC(C)O1. The number of hydrogen-bond acceptors (Lipinski definition) is 6. The lowest BCUT2D eigenvalue weighted by molar-refractivity contribution is -0.0174. The Labute approximate surface area is 136 Å².